The van der Waals surface area contributed by atoms with Gasteiger partial charge in [-0.25, -0.2) is 18.9 Å². The van der Waals surface area contributed by atoms with Gasteiger partial charge in [-0.3, -0.25) is 14.2 Å². The van der Waals surface area contributed by atoms with Gasteiger partial charge in [0.2, 0.25) is 17.8 Å². The molecule has 9 aromatic rings. The molecule has 3 N–H and O–H groups in total. The first kappa shape index (κ1) is 48.9. The molecule has 0 unspecified atom stereocenters. The van der Waals surface area contributed by atoms with Crippen molar-refractivity contribution in [2.75, 3.05) is 11.9 Å². The number of aliphatic hydroxyl groups is 1. The molecule has 1 aromatic carbocycles. The minimum Gasteiger partial charge on any atom is -0.387 e. The lowest BCUT2D eigenvalue weighted by Gasteiger charge is -2.30. The average Bonchev–Trinajstić information content (AvgIpc) is 4.26. The van der Waals surface area contributed by atoms with Crippen LogP contribution in [0.2, 0.25) is 0 Å². The van der Waals surface area contributed by atoms with Gasteiger partial charge in [-0.2, -0.15) is 31.1 Å². The third-order valence-electron chi connectivity index (χ3n) is 14.4. The third-order valence-corrected chi connectivity index (χ3v) is 16.5. The van der Waals surface area contributed by atoms with Crippen LogP contribution in [0.15, 0.2) is 130 Å². The van der Waals surface area contributed by atoms with Crippen LogP contribution < -0.4 is 15.3 Å². The van der Waals surface area contributed by atoms with E-state index in [-0.39, 0.29) is 29.1 Å². The van der Waals surface area contributed by atoms with Crippen molar-refractivity contribution < 1.29 is 19.0 Å². The number of pyridine rings is 4. The van der Waals surface area contributed by atoms with E-state index in [2.05, 4.69) is 55.5 Å². The molecule has 17 nitrogen and oxygen atoms in total. The maximum Gasteiger partial charge on any atom is 0.245 e. The van der Waals surface area contributed by atoms with Gasteiger partial charge in [0.1, 0.15) is 46.7 Å². The van der Waals surface area contributed by atoms with Crippen molar-refractivity contribution in [3.05, 3.63) is 144 Å². The van der Waals surface area contributed by atoms with Gasteiger partial charge in [-0.05, 0) is 108 Å². The number of rotatable bonds is 13. The summed E-state index contributed by atoms with van der Waals surface area (Å²) in [5, 5.41) is 61.9. The Morgan fingerprint density at radius 3 is 2.01 bits per heavy atom. The van der Waals surface area contributed by atoms with Gasteiger partial charge in [0.15, 0.2) is 5.82 Å². The number of carbonyl (C=O) groups is 1. The molecule has 0 saturated heterocycles. The normalized spacial score (nSPS) is 17.6. The number of amides is 1. The smallest absolute Gasteiger partial charge is 0.245 e. The highest BCUT2D eigenvalue weighted by Crippen LogP contribution is 2.41. The number of carbonyl (C=O) groups excluding carboxylic acids is 1. The zero-order chi connectivity index (χ0) is 51.7. The van der Waals surface area contributed by atoms with Gasteiger partial charge in [0.05, 0.1) is 53.5 Å². The van der Waals surface area contributed by atoms with Crippen LogP contribution >= 0.6 is 23.5 Å². The molecular weight excluding hydrogens is 986 g/mol. The second-order valence-electron chi connectivity index (χ2n) is 18.9. The van der Waals surface area contributed by atoms with Crippen LogP contribution in [0, 0.1) is 53.7 Å². The lowest BCUT2D eigenvalue weighted by atomic mass is 9.91. The topological polar surface area (TPSA) is 220 Å². The van der Waals surface area contributed by atoms with Crippen molar-refractivity contribution >= 4 is 46.3 Å². The van der Waals surface area contributed by atoms with Crippen molar-refractivity contribution in [1.82, 2.24) is 49.0 Å². The zero-order valence-corrected chi connectivity index (χ0v) is 42.6. The van der Waals surface area contributed by atoms with Gasteiger partial charge < -0.3 is 15.7 Å². The van der Waals surface area contributed by atoms with E-state index in [9.17, 15) is 25.7 Å². The van der Waals surface area contributed by atoms with E-state index < -0.39 is 12.4 Å². The summed E-state index contributed by atoms with van der Waals surface area (Å²) in [7, 11) is 0. The fraction of sp³-hybridized carbons (Fsp3) is 0.273. The molecule has 0 bridgehead atoms. The van der Waals surface area contributed by atoms with Gasteiger partial charge in [-0.1, -0.05) is 34.3 Å². The van der Waals surface area contributed by atoms with Crippen LogP contribution in [0.5, 0.6) is 0 Å². The van der Waals surface area contributed by atoms with E-state index in [1.54, 1.807) is 33.9 Å². The van der Waals surface area contributed by atoms with E-state index in [4.69, 9.17) is 10.2 Å². The molecule has 8 heterocycles. The van der Waals surface area contributed by atoms with E-state index in [0.717, 1.165) is 107 Å². The molecule has 11 rings (SSSR count). The van der Waals surface area contributed by atoms with E-state index >= 15 is 4.39 Å². The van der Waals surface area contributed by atoms with Crippen LogP contribution in [0.1, 0.15) is 91.5 Å². The van der Waals surface area contributed by atoms with Crippen LogP contribution in [0.4, 0.5) is 10.2 Å². The number of hydrogen-bond donors (Lipinski definition) is 3. The minimum atomic E-state index is -0.541. The van der Waals surface area contributed by atoms with Crippen molar-refractivity contribution in [1.29, 1.82) is 15.8 Å². The summed E-state index contributed by atoms with van der Waals surface area (Å²) in [5.74, 6) is 0.00734. The maximum absolute atomic E-state index is 15.3. The maximum atomic E-state index is 15.3. The van der Waals surface area contributed by atoms with Crippen molar-refractivity contribution in [2.45, 2.75) is 109 Å². The highest BCUT2D eigenvalue weighted by Gasteiger charge is 2.30. The molecule has 0 atom stereocenters. The summed E-state index contributed by atoms with van der Waals surface area (Å²) in [4.78, 5) is 22.6. The number of nitrogens with one attached hydrogen (secondary N) is 2. The second-order valence-corrected chi connectivity index (χ2v) is 21.0. The average molecular weight is 1040 g/mol. The summed E-state index contributed by atoms with van der Waals surface area (Å²) >= 11 is 2.49. The third kappa shape index (κ3) is 9.58. The number of hydrogen-bond acceptors (Lipinski definition) is 13. The van der Waals surface area contributed by atoms with Crippen molar-refractivity contribution in [2.24, 2.45) is 0 Å². The quantitative estimate of drug-likeness (QED) is 0.0918. The Morgan fingerprint density at radius 2 is 1.37 bits per heavy atom. The summed E-state index contributed by atoms with van der Waals surface area (Å²) in [6.45, 7) is 3.55. The number of benzene rings is 1. The van der Waals surface area contributed by atoms with Crippen LogP contribution in [-0.4, -0.2) is 73.4 Å². The second kappa shape index (κ2) is 20.9. The van der Waals surface area contributed by atoms with Crippen LogP contribution in [0.3, 0.4) is 0 Å². The SMILES string of the molecule is Cc1c(-c2cc(Sc3ncccc3F)c3c(C#N)c[n+](-c4ccc(Sc5cc(-c6cnn([C@H]7CC[C@@H](Nc8ccccn8)CC7)c6C)cn6ncc(C#N)c56)c(C#N)c4)n3c2)cnn1[C@H]1CC[C@H](NC(=O)CO)CC1. The fourth-order valence-electron chi connectivity index (χ4n) is 10.6. The highest BCUT2D eigenvalue weighted by atomic mass is 32.2. The number of nitriles is 3. The molecule has 374 valence electrons. The summed E-state index contributed by atoms with van der Waals surface area (Å²) in [6, 6.07) is 26.0. The Morgan fingerprint density at radius 1 is 0.720 bits per heavy atom. The molecule has 0 aliphatic heterocycles. The largest absolute Gasteiger partial charge is 0.387 e. The number of halogens is 1. The molecule has 2 fully saturated rings. The summed E-state index contributed by atoms with van der Waals surface area (Å²) in [5.41, 5.74) is 8.17. The number of nitrogens with zero attached hydrogens (tertiary/aromatic N) is 13. The molecule has 75 heavy (non-hydrogen) atoms. The van der Waals surface area contributed by atoms with Gasteiger partial charge in [0, 0.05) is 91.1 Å². The molecule has 8 aromatic heterocycles. The Balaban J connectivity index is 0.924. The first-order valence-corrected chi connectivity index (χ1v) is 26.3. The number of aliphatic hydroxyl groups excluding tert-OH is 1. The number of aromatic nitrogens is 10. The van der Waals surface area contributed by atoms with Crippen molar-refractivity contribution in [3.8, 4) is 46.1 Å². The lowest BCUT2D eigenvalue weighted by Crippen LogP contribution is -2.39. The standard InChI is InChI=1S/C55H48FN15O2S2/c1-33-45(27-63-70(33)42-12-8-40(9-13-42)65-51-7-3-4-18-60-51)36-21-49(53-38(24-58)26-62-67(53)29-36)74-48-17-16-44(20-35(48)23-57)68-31-39(25-59)54-50(75-55-47(56)6-5-19-61-55)22-37(30-69(54)68)46-28-64-71(34(46)2)43-14-10-41(11-15-43)66-52(73)32-72/h3-7,16-22,26-31,40-43,72H,8-15,32H2,1-2H3,(H-,60,65,66,73)/p+1/t40-,41-,42+,43-. The summed E-state index contributed by atoms with van der Waals surface area (Å²) < 4.78 is 24.8. The van der Waals surface area contributed by atoms with E-state index in [1.807, 2.05) is 83.4 Å². The Labute approximate surface area is 439 Å². The molecule has 2 saturated carbocycles. The Kier molecular flexibility index (Phi) is 13.6. The first-order chi connectivity index (χ1) is 36.6. The zero-order valence-electron chi connectivity index (χ0n) is 40.9. The summed E-state index contributed by atoms with van der Waals surface area (Å²) in [6.07, 6.45) is 21.1. The first-order valence-electron chi connectivity index (χ1n) is 24.7. The van der Waals surface area contributed by atoms with Crippen LogP contribution in [0.25, 0.3) is 39.0 Å². The molecular formula is C55H49FN15O2S2+. The molecule has 2 aliphatic carbocycles. The Bertz CT molecular complexity index is 3770. The lowest BCUT2D eigenvalue weighted by molar-refractivity contribution is -0.667. The van der Waals surface area contributed by atoms with E-state index in [1.165, 1.54) is 30.1 Å². The van der Waals surface area contributed by atoms with Gasteiger partial charge in [0.25, 0.3) is 0 Å². The molecule has 1 amide bonds. The number of anilines is 1. The van der Waals surface area contributed by atoms with Gasteiger partial charge in [-0.15, -0.1) is 4.52 Å². The molecule has 0 spiro atoms. The monoisotopic (exact) mass is 1030 g/mol. The minimum absolute atomic E-state index is 0.0114. The molecule has 0 radical (unpaired) electrons. The molecule has 20 heteroatoms. The predicted octanol–water partition coefficient (Wildman–Crippen LogP) is 9.24. The van der Waals surface area contributed by atoms with Gasteiger partial charge >= 0.3 is 0 Å². The Hall–Kier alpha value is -8.35. The highest BCUT2D eigenvalue weighted by molar-refractivity contribution is 7.99. The van der Waals surface area contributed by atoms with Crippen molar-refractivity contribution in [3.63, 3.8) is 0 Å². The molecule has 2 aliphatic rings. The predicted molar refractivity (Wildman–Crippen MR) is 278 cm³/mol. The van der Waals surface area contributed by atoms with Crippen LogP contribution in [-0.2, 0) is 4.79 Å². The number of fused-ring (bicyclic) bond motifs is 2. The fourth-order valence-corrected chi connectivity index (χ4v) is 12.7. The van der Waals surface area contributed by atoms with E-state index in [0.29, 0.717) is 49.2 Å².